The van der Waals surface area contributed by atoms with Crippen molar-refractivity contribution in [3.63, 3.8) is 0 Å². The lowest BCUT2D eigenvalue weighted by Crippen LogP contribution is -2.54. The highest BCUT2D eigenvalue weighted by Gasteiger charge is 2.34. The Labute approximate surface area is 219 Å². The van der Waals surface area contributed by atoms with Gasteiger partial charge in [0.1, 0.15) is 22.8 Å². The molecule has 0 unspecified atom stereocenters. The molecule has 4 aromatic carbocycles. The standard InChI is InChI=1S/C30H22N2O4S/c1-35-26-12-6-9-22(19-26)21-8-5-7-20(17-21)18-27-28(33)31-30(37)32(29(27)34)23-13-15-25(16-14-23)36-24-10-3-2-4-11-24/h2-19H,1H3,(H,31,33,37)/b27-18+. The van der Waals surface area contributed by atoms with Crippen LogP contribution < -0.4 is 19.7 Å². The summed E-state index contributed by atoms with van der Waals surface area (Å²) in [6, 6.07) is 31.6. The van der Waals surface area contributed by atoms with Crippen molar-refractivity contribution in [2.75, 3.05) is 12.0 Å². The van der Waals surface area contributed by atoms with E-state index in [1.54, 1.807) is 37.5 Å². The maximum atomic E-state index is 13.4. The minimum absolute atomic E-state index is 0.0130. The van der Waals surface area contributed by atoms with Gasteiger partial charge < -0.3 is 9.47 Å². The molecule has 1 aliphatic heterocycles. The highest BCUT2D eigenvalue weighted by Crippen LogP contribution is 2.28. The Hall–Kier alpha value is -4.75. The number of methoxy groups -OCH3 is 1. The lowest BCUT2D eigenvalue weighted by Gasteiger charge is -2.29. The van der Waals surface area contributed by atoms with Crippen molar-refractivity contribution in [1.29, 1.82) is 0 Å². The summed E-state index contributed by atoms with van der Waals surface area (Å²) in [6.45, 7) is 0. The first kappa shape index (κ1) is 24.0. The average Bonchev–Trinajstić information content (AvgIpc) is 2.93. The smallest absolute Gasteiger partial charge is 0.270 e. The van der Waals surface area contributed by atoms with E-state index in [1.165, 1.54) is 4.90 Å². The molecule has 6 nitrogen and oxygen atoms in total. The monoisotopic (exact) mass is 506 g/mol. The van der Waals surface area contributed by atoms with E-state index in [1.807, 2.05) is 78.9 Å². The molecule has 7 heteroatoms. The van der Waals surface area contributed by atoms with E-state index < -0.39 is 11.8 Å². The van der Waals surface area contributed by atoms with Gasteiger partial charge in [0, 0.05) is 0 Å². The first-order chi connectivity index (χ1) is 18.0. The summed E-state index contributed by atoms with van der Waals surface area (Å²) in [5, 5.41) is 2.65. The van der Waals surface area contributed by atoms with E-state index in [4.69, 9.17) is 21.7 Å². The van der Waals surface area contributed by atoms with Gasteiger partial charge >= 0.3 is 0 Å². The molecule has 0 aromatic heterocycles. The van der Waals surface area contributed by atoms with Crippen LogP contribution in [0, 0.1) is 0 Å². The van der Waals surface area contributed by atoms with Crippen LogP contribution in [0.2, 0.25) is 0 Å². The second-order valence-corrected chi connectivity index (χ2v) is 8.61. The fourth-order valence-corrected chi connectivity index (χ4v) is 4.24. The Bertz CT molecular complexity index is 1510. The predicted octanol–water partition coefficient (Wildman–Crippen LogP) is 5.99. The van der Waals surface area contributed by atoms with Crippen LogP contribution in [0.1, 0.15) is 5.56 Å². The zero-order valence-corrected chi connectivity index (χ0v) is 20.7. The maximum Gasteiger partial charge on any atom is 0.270 e. The van der Waals surface area contributed by atoms with E-state index in [0.717, 1.165) is 16.9 Å². The van der Waals surface area contributed by atoms with Crippen LogP contribution in [0.15, 0.2) is 109 Å². The molecule has 37 heavy (non-hydrogen) atoms. The van der Waals surface area contributed by atoms with E-state index >= 15 is 0 Å². The largest absolute Gasteiger partial charge is 0.497 e. The van der Waals surface area contributed by atoms with Gasteiger partial charge in [0.25, 0.3) is 11.8 Å². The van der Waals surface area contributed by atoms with E-state index in [9.17, 15) is 9.59 Å². The molecule has 0 spiro atoms. The number of benzene rings is 4. The van der Waals surface area contributed by atoms with E-state index in [2.05, 4.69) is 5.32 Å². The summed E-state index contributed by atoms with van der Waals surface area (Å²) < 4.78 is 11.2. The lowest BCUT2D eigenvalue weighted by atomic mass is 10.0. The summed E-state index contributed by atoms with van der Waals surface area (Å²) in [4.78, 5) is 27.5. The third kappa shape index (κ3) is 5.27. The molecule has 182 valence electrons. The van der Waals surface area contributed by atoms with Gasteiger partial charge in [-0.1, -0.05) is 48.5 Å². The molecule has 0 bridgehead atoms. The number of para-hydroxylation sites is 1. The summed E-state index contributed by atoms with van der Waals surface area (Å²) >= 11 is 5.33. The average molecular weight is 507 g/mol. The van der Waals surface area contributed by atoms with Gasteiger partial charge in [0.05, 0.1) is 12.8 Å². The minimum Gasteiger partial charge on any atom is -0.497 e. The van der Waals surface area contributed by atoms with Crippen molar-refractivity contribution in [3.8, 4) is 28.4 Å². The second kappa shape index (κ2) is 10.5. The van der Waals surface area contributed by atoms with Crippen LogP contribution in [-0.2, 0) is 9.59 Å². The number of ether oxygens (including phenoxy) is 2. The van der Waals surface area contributed by atoms with Gasteiger partial charge in [0.15, 0.2) is 5.11 Å². The number of nitrogens with zero attached hydrogens (tertiary/aromatic N) is 1. The Morgan fingerprint density at radius 3 is 2.14 bits per heavy atom. The van der Waals surface area contributed by atoms with Gasteiger partial charge in [-0.05, 0) is 89.6 Å². The normalized spacial score (nSPS) is 14.5. The summed E-state index contributed by atoms with van der Waals surface area (Å²) in [5.41, 5.74) is 3.10. The zero-order chi connectivity index (χ0) is 25.8. The molecular formula is C30H22N2O4S. The van der Waals surface area contributed by atoms with Crippen molar-refractivity contribution in [2.45, 2.75) is 0 Å². The predicted molar refractivity (Wildman–Crippen MR) is 148 cm³/mol. The van der Waals surface area contributed by atoms with Gasteiger partial charge in [-0.3, -0.25) is 19.8 Å². The Morgan fingerprint density at radius 2 is 1.41 bits per heavy atom. The molecule has 0 atom stereocenters. The lowest BCUT2D eigenvalue weighted by molar-refractivity contribution is -0.122. The first-order valence-electron chi connectivity index (χ1n) is 11.5. The van der Waals surface area contributed by atoms with E-state index in [-0.39, 0.29) is 10.7 Å². The number of anilines is 1. The van der Waals surface area contributed by atoms with Crippen LogP contribution in [0.3, 0.4) is 0 Å². The number of rotatable bonds is 6. The zero-order valence-electron chi connectivity index (χ0n) is 19.9. The topological polar surface area (TPSA) is 67.9 Å². The third-order valence-electron chi connectivity index (χ3n) is 5.78. The number of hydrogen-bond acceptors (Lipinski definition) is 5. The van der Waals surface area contributed by atoms with Gasteiger partial charge in [-0.2, -0.15) is 0 Å². The maximum absolute atomic E-state index is 13.4. The second-order valence-electron chi connectivity index (χ2n) is 8.22. The van der Waals surface area contributed by atoms with Crippen molar-refractivity contribution in [1.82, 2.24) is 5.32 Å². The number of thiocarbonyl (C=S) groups is 1. The van der Waals surface area contributed by atoms with Gasteiger partial charge in [-0.25, -0.2) is 0 Å². The molecular weight excluding hydrogens is 484 g/mol. The molecule has 1 fully saturated rings. The van der Waals surface area contributed by atoms with Crippen LogP contribution in [0.25, 0.3) is 17.2 Å². The number of carbonyl (C=O) groups is 2. The number of carbonyl (C=O) groups excluding carboxylic acids is 2. The molecule has 0 aliphatic carbocycles. The molecule has 4 aromatic rings. The highest BCUT2D eigenvalue weighted by atomic mass is 32.1. The fourth-order valence-electron chi connectivity index (χ4n) is 3.96. The van der Waals surface area contributed by atoms with Crippen LogP contribution in [0.5, 0.6) is 17.2 Å². The summed E-state index contributed by atoms with van der Waals surface area (Å²) in [7, 11) is 1.62. The molecule has 1 saturated heterocycles. The number of nitrogens with one attached hydrogen (secondary N) is 1. The van der Waals surface area contributed by atoms with Crippen LogP contribution in [0.4, 0.5) is 5.69 Å². The number of hydrogen-bond donors (Lipinski definition) is 1. The molecule has 1 N–H and O–H groups in total. The highest BCUT2D eigenvalue weighted by molar-refractivity contribution is 7.80. The molecule has 0 saturated carbocycles. The van der Waals surface area contributed by atoms with Gasteiger partial charge in [0.2, 0.25) is 0 Å². The van der Waals surface area contributed by atoms with Crippen LogP contribution >= 0.6 is 12.2 Å². The van der Waals surface area contributed by atoms with Crippen molar-refractivity contribution >= 4 is 40.9 Å². The van der Waals surface area contributed by atoms with Gasteiger partial charge in [-0.15, -0.1) is 0 Å². The van der Waals surface area contributed by atoms with Crippen molar-refractivity contribution in [3.05, 3.63) is 114 Å². The molecule has 1 aliphatic rings. The molecule has 0 radical (unpaired) electrons. The van der Waals surface area contributed by atoms with Crippen molar-refractivity contribution in [2.24, 2.45) is 0 Å². The first-order valence-corrected chi connectivity index (χ1v) is 11.9. The Balaban J connectivity index is 1.41. The van der Waals surface area contributed by atoms with E-state index in [0.29, 0.717) is 22.7 Å². The SMILES string of the molecule is COc1cccc(-c2cccc(/C=C3\C(=O)NC(=S)N(c4ccc(Oc5ccccc5)cc4)C3=O)c2)c1. The summed E-state index contributed by atoms with van der Waals surface area (Å²) in [5.74, 6) is 1.01. The quantitative estimate of drug-likeness (QED) is 0.198. The minimum atomic E-state index is -0.540. The molecule has 2 amide bonds. The van der Waals surface area contributed by atoms with Crippen LogP contribution in [-0.4, -0.2) is 24.0 Å². The van der Waals surface area contributed by atoms with Crippen molar-refractivity contribution < 1.29 is 19.1 Å². The number of amides is 2. The molecule has 1 heterocycles. The summed E-state index contributed by atoms with van der Waals surface area (Å²) in [6.07, 6.45) is 1.57. The molecule has 5 rings (SSSR count). The fraction of sp³-hybridized carbons (Fsp3) is 0.0333. The Morgan fingerprint density at radius 1 is 0.757 bits per heavy atom. The Kier molecular flexibility index (Phi) is 6.78. The third-order valence-corrected chi connectivity index (χ3v) is 6.06.